The number of ether oxygens (including phenoxy) is 1. The fraction of sp³-hybridized carbons (Fsp3) is 0.429. The van der Waals surface area contributed by atoms with Crippen LogP contribution in [-0.4, -0.2) is 18.9 Å². The second-order valence-corrected chi connectivity index (χ2v) is 4.13. The smallest absolute Gasteiger partial charge is 0.374 e. The standard InChI is InChI=1S/C14H18O3/c1-4-11(9-13(15)14(16)17-3)12-7-5-10(2)6-8-12/h5-8,11H,4,9H2,1-3H3/t11-/m0/s1. The zero-order valence-corrected chi connectivity index (χ0v) is 10.5. The van der Waals surface area contributed by atoms with Gasteiger partial charge in [0.25, 0.3) is 0 Å². The molecule has 0 N–H and O–H groups in total. The van der Waals surface area contributed by atoms with Crippen LogP contribution in [0.4, 0.5) is 0 Å². The zero-order valence-electron chi connectivity index (χ0n) is 10.5. The molecule has 0 aliphatic heterocycles. The van der Waals surface area contributed by atoms with Crippen LogP contribution < -0.4 is 0 Å². The van der Waals surface area contributed by atoms with Crippen molar-refractivity contribution in [2.24, 2.45) is 0 Å². The molecule has 1 aromatic carbocycles. The van der Waals surface area contributed by atoms with Gasteiger partial charge in [-0.25, -0.2) is 4.79 Å². The van der Waals surface area contributed by atoms with Crippen LogP contribution in [0.15, 0.2) is 24.3 Å². The average Bonchev–Trinajstić information content (AvgIpc) is 2.35. The maximum atomic E-state index is 11.5. The van der Waals surface area contributed by atoms with Gasteiger partial charge in [0.05, 0.1) is 7.11 Å². The third-order valence-corrected chi connectivity index (χ3v) is 2.89. The summed E-state index contributed by atoms with van der Waals surface area (Å²) in [6, 6.07) is 8.04. The van der Waals surface area contributed by atoms with Crippen LogP contribution in [0, 0.1) is 6.92 Å². The summed E-state index contributed by atoms with van der Waals surface area (Å²) in [5, 5.41) is 0. The van der Waals surface area contributed by atoms with Crippen LogP contribution in [0.25, 0.3) is 0 Å². The molecule has 0 aliphatic rings. The molecule has 0 aromatic heterocycles. The second kappa shape index (κ2) is 6.18. The Kier molecular flexibility index (Phi) is 4.88. The molecular formula is C14H18O3. The molecular weight excluding hydrogens is 216 g/mol. The lowest BCUT2D eigenvalue weighted by Gasteiger charge is -2.14. The van der Waals surface area contributed by atoms with Crippen molar-refractivity contribution < 1.29 is 14.3 Å². The van der Waals surface area contributed by atoms with Gasteiger partial charge in [0.1, 0.15) is 0 Å². The highest BCUT2D eigenvalue weighted by atomic mass is 16.5. The minimum Gasteiger partial charge on any atom is -0.463 e. The van der Waals surface area contributed by atoms with E-state index in [0.29, 0.717) is 0 Å². The van der Waals surface area contributed by atoms with Crippen molar-refractivity contribution in [2.45, 2.75) is 32.6 Å². The lowest BCUT2D eigenvalue weighted by Crippen LogP contribution is -2.18. The monoisotopic (exact) mass is 234 g/mol. The third kappa shape index (κ3) is 3.70. The highest BCUT2D eigenvalue weighted by Crippen LogP contribution is 2.23. The molecule has 0 aliphatic carbocycles. The molecule has 3 nitrogen and oxygen atoms in total. The Bertz CT molecular complexity index is 392. The zero-order chi connectivity index (χ0) is 12.8. The van der Waals surface area contributed by atoms with E-state index in [2.05, 4.69) is 4.74 Å². The van der Waals surface area contributed by atoms with Gasteiger partial charge in [-0.3, -0.25) is 4.79 Å². The molecule has 0 bridgehead atoms. The first-order chi connectivity index (χ1) is 8.08. The van der Waals surface area contributed by atoms with Crippen molar-refractivity contribution in [1.29, 1.82) is 0 Å². The normalized spacial score (nSPS) is 11.9. The van der Waals surface area contributed by atoms with Gasteiger partial charge >= 0.3 is 5.97 Å². The summed E-state index contributed by atoms with van der Waals surface area (Å²) in [6.07, 6.45) is 1.04. The number of hydrogen-bond acceptors (Lipinski definition) is 3. The molecule has 17 heavy (non-hydrogen) atoms. The molecule has 1 rings (SSSR count). The number of rotatable bonds is 5. The van der Waals surface area contributed by atoms with Crippen LogP contribution >= 0.6 is 0 Å². The lowest BCUT2D eigenvalue weighted by atomic mass is 9.91. The summed E-state index contributed by atoms with van der Waals surface area (Å²) in [5.74, 6) is -1.13. The first-order valence-corrected chi connectivity index (χ1v) is 5.76. The van der Waals surface area contributed by atoms with Gasteiger partial charge in [-0.15, -0.1) is 0 Å². The largest absolute Gasteiger partial charge is 0.463 e. The number of Topliss-reactive ketones (excluding diaryl/α,β-unsaturated/α-hetero) is 1. The number of ketones is 1. The molecule has 0 amide bonds. The van der Waals surface area contributed by atoms with Crippen LogP contribution in [0.3, 0.4) is 0 Å². The summed E-state index contributed by atoms with van der Waals surface area (Å²) < 4.78 is 4.42. The molecule has 0 unspecified atom stereocenters. The number of benzene rings is 1. The topological polar surface area (TPSA) is 43.4 Å². The van der Waals surface area contributed by atoms with E-state index in [4.69, 9.17) is 0 Å². The molecule has 0 fully saturated rings. The van der Waals surface area contributed by atoms with E-state index in [9.17, 15) is 9.59 Å². The highest BCUT2D eigenvalue weighted by molar-refractivity contribution is 6.33. The number of aryl methyl sites for hydroxylation is 1. The van der Waals surface area contributed by atoms with Crippen LogP contribution in [0.5, 0.6) is 0 Å². The van der Waals surface area contributed by atoms with Gasteiger partial charge in [-0.1, -0.05) is 36.8 Å². The Morgan fingerprint density at radius 2 is 1.82 bits per heavy atom. The van der Waals surface area contributed by atoms with E-state index >= 15 is 0 Å². The second-order valence-electron chi connectivity index (χ2n) is 4.13. The van der Waals surface area contributed by atoms with Crippen molar-refractivity contribution in [1.82, 2.24) is 0 Å². The molecule has 0 heterocycles. The van der Waals surface area contributed by atoms with Crippen molar-refractivity contribution in [3.05, 3.63) is 35.4 Å². The predicted octanol–water partition coefficient (Wildman–Crippen LogP) is 2.62. The minimum atomic E-state index is -0.754. The summed E-state index contributed by atoms with van der Waals surface area (Å²) in [4.78, 5) is 22.6. The Balaban J connectivity index is 2.75. The van der Waals surface area contributed by atoms with Crippen LogP contribution in [0.1, 0.15) is 36.8 Å². The van der Waals surface area contributed by atoms with Crippen LogP contribution in [-0.2, 0) is 14.3 Å². The van der Waals surface area contributed by atoms with E-state index in [1.165, 1.54) is 12.7 Å². The third-order valence-electron chi connectivity index (χ3n) is 2.89. The number of carbonyl (C=O) groups excluding carboxylic acids is 2. The summed E-state index contributed by atoms with van der Waals surface area (Å²) in [5.41, 5.74) is 2.28. The van der Waals surface area contributed by atoms with E-state index in [1.54, 1.807) is 0 Å². The molecule has 0 saturated carbocycles. The fourth-order valence-electron chi connectivity index (χ4n) is 1.76. The lowest BCUT2D eigenvalue weighted by molar-refractivity contribution is -0.151. The Hall–Kier alpha value is -1.64. The Morgan fingerprint density at radius 3 is 2.29 bits per heavy atom. The fourth-order valence-corrected chi connectivity index (χ4v) is 1.76. The first kappa shape index (κ1) is 13.4. The molecule has 92 valence electrons. The van der Waals surface area contributed by atoms with E-state index in [0.717, 1.165) is 12.0 Å². The quantitative estimate of drug-likeness (QED) is 0.581. The van der Waals surface area contributed by atoms with E-state index in [1.807, 2.05) is 38.1 Å². The van der Waals surface area contributed by atoms with Crippen LogP contribution in [0.2, 0.25) is 0 Å². The maximum absolute atomic E-state index is 11.5. The molecule has 1 atom stereocenters. The van der Waals surface area contributed by atoms with Crippen molar-refractivity contribution in [3.63, 3.8) is 0 Å². The first-order valence-electron chi connectivity index (χ1n) is 5.76. The van der Waals surface area contributed by atoms with Crippen molar-refractivity contribution in [3.8, 4) is 0 Å². The van der Waals surface area contributed by atoms with Gasteiger partial charge in [0.15, 0.2) is 0 Å². The highest BCUT2D eigenvalue weighted by Gasteiger charge is 2.20. The molecule has 0 saturated heterocycles. The number of esters is 1. The number of methoxy groups -OCH3 is 1. The molecule has 3 heteroatoms. The predicted molar refractivity (Wildman–Crippen MR) is 65.9 cm³/mol. The molecule has 1 aromatic rings. The average molecular weight is 234 g/mol. The summed E-state index contributed by atoms with van der Waals surface area (Å²) in [7, 11) is 1.23. The van der Waals surface area contributed by atoms with Crippen molar-refractivity contribution >= 4 is 11.8 Å². The van der Waals surface area contributed by atoms with E-state index in [-0.39, 0.29) is 12.3 Å². The SMILES string of the molecule is CC[C@@H](CC(=O)C(=O)OC)c1ccc(C)cc1. The Labute approximate surface area is 102 Å². The van der Waals surface area contributed by atoms with E-state index < -0.39 is 11.8 Å². The molecule has 0 spiro atoms. The van der Waals surface area contributed by atoms with Gasteiger partial charge < -0.3 is 4.74 Å². The summed E-state index contributed by atoms with van der Waals surface area (Å²) in [6.45, 7) is 4.03. The Morgan fingerprint density at radius 1 is 1.24 bits per heavy atom. The molecule has 0 radical (unpaired) electrons. The van der Waals surface area contributed by atoms with Gasteiger partial charge in [-0.2, -0.15) is 0 Å². The number of carbonyl (C=O) groups is 2. The van der Waals surface area contributed by atoms with Crippen molar-refractivity contribution in [2.75, 3.05) is 7.11 Å². The van der Waals surface area contributed by atoms with Gasteiger partial charge in [0.2, 0.25) is 5.78 Å². The van der Waals surface area contributed by atoms with Gasteiger partial charge in [-0.05, 0) is 24.8 Å². The number of hydrogen-bond donors (Lipinski definition) is 0. The minimum absolute atomic E-state index is 0.0854. The summed E-state index contributed by atoms with van der Waals surface area (Å²) >= 11 is 0. The maximum Gasteiger partial charge on any atom is 0.374 e. The van der Waals surface area contributed by atoms with Gasteiger partial charge in [0, 0.05) is 6.42 Å².